The molecule has 9 nitrogen and oxygen atoms in total. The zero-order valence-electron chi connectivity index (χ0n) is 17.2. The van der Waals surface area contributed by atoms with Gasteiger partial charge >= 0.3 is 0 Å². The standard InChI is InChI=1S/C22H18ClN5O4S/c1-14-19(18-4-2-3-5-20(18)25-14)13-24-26-21-11-10-17(12-22(21)28(29)30)33(31,32)27-16-8-6-15(23)7-9-16/h2-13,25-27H,1H3. The van der Waals surface area contributed by atoms with Crippen LogP contribution in [0.4, 0.5) is 17.1 Å². The third kappa shape index (κ3) is 4.81. The summed E-state index contributed by atoms with van der Waals surface area (Å²) in [5, 5.41) is 17.1. The van der Waals surface area contributed by atoms with Crippen molar-refractivity contribution in [2.45, 2.75) is 11.8 Å². The quantitative estimate of drug-likeness (QED) is 0.187. The molecule has 33 heavy (non-hydrogen) atoms. The predicted octanol–water partition coefficient (Wildman–Crippen LogP) is 5.28. The number of nitrogens with zero attached hydrogens (tertiary/aromatic N) is 2. The van der Waals surface area contributed by atoms with Gasteiger partial charge in [-0.25, -0.2) is 8.42 Å². The maximum Gasteiger partial charge on any atom is 0.295 e. The predicted molar refractivity (Wildman–Crippen MR) is 130 cm³/mol. The minimum Gasteiger partial charge on any atom is -0.358 e. The van der Waals surface area contributed by atoms with E-state index in [1.54, 1.807) is 6.21 Å². The van der Waals surface area contributed by atoms with E-state index in [0.717, 1.165) is 28.2 Å². The lowest BCUT2D eigenvalue weighted by Gasteiger charge is -2.09. The van der Waals surface area contributed by atoms with Crippen molar-refractivity contribution < 1.29 is 13.3 Å². The van der Waals surface area contributed by atoms with Gasteiger partial charge in [-0.3, -0.25) is 20.3 Å². The lowest BCUT2D eigenvalue weighted by molar-refractivity contribution is -0.384. The topological polar surface area (TPSA) is 129 Å². The van der Waals surface area contributed by atoms with Crippen LogP contribution in [0, 0.1) is 17.0 Å². The minimum atomic E-state index is -4.05. The molecule has 1 aromatic heterocycles. The fraction of sp³-hybridized carbons (Fsp3) is 0.0455. The smallest absolute Gasteiger partial charge is 0.295 e. The molecule has 1 heterocycles. The first-order chi connectivity index (χ1) is 15.7. The van der Waals surface area contributed by atoms with Crippen LogP contribution in [0.5, 0.6) is 0 Å². The van der Waals surface area contributed by atoms with Crippen molar-refractivity contribution in [3.63, 3.8) is 0 Å². The third-order valence-corrected chi connectivity index (χ3v) is 6.53. The number of fused-ring (bicyclic) bond motifs is 1. The van der Waals surface area contributed by atoms with Crippen molar-refractivity contribution in [3.8, 4) is 0 Å². The Hall–Kier alpha value is -3.89. The lowest BCUT2D eigenvalue weighted by Crippen LogP contribution is -2.13. The summed E-state index contributed by atoms with van der Waals surface area (Å²) >= 11 is 5.81. The summed E-state index contributed by atoms with van der Waals surface area (Å²) < 4.78 is 27.7. The Morgan fingerprint density at radius 3 is 2.55 bits per heavy atom. The van der Waals surface area contributed by atoms with Gasteiger partial charge in [-0.1, -0.05) is 29.8 Å². The van der Waals surface area contributed by atoms with Gasteiger partial charge in [-0.15, -0.1) is 0 Å². The number of hydrazone groups is 1. The Balaban J connectivity index is 1.59. The van der Waals surface area contributed by atoms with Crippen molar-refractivity contribution in [2.75, 3.05) is 10.1 Å². The largest absolute Gasteiger partial charge is 0.358 e. The second-order valence-electron chi connectivity index (χ2n) is 7.13. The van der Waals surface area contributed by atoms with Gasteiger partial charge in [-0.2, -0.15) is 5.10 Å². The maximum absolute atomic E-state index is 12.7. The molecule has 0 fully saturated rings. The van der Waals surface area contributed by atoms with E-state index in [0.29, 0.717) is 5.02 Å². The Morgan fingerprint density at radius 2 is 1.82 bits per heavy atom. The van der Waals surface area contributed by atoms with Crippen molar-refractivity contribution >= 4 is 55.8 Å². The summed E-state index contributed by atoms with van der Waals surface area (Å²) in [7, 11) is -4.05. The number of rotatable bonds is 7. The highest BCUT2D eigenvalue weighted by atomic mass is 35.5. The van der Waals surface area contributed by atoms with Crippen molar-refractivity contribution in [1.82, 2.24) is 4.98 Å². The molecule has 0 bridgehead atoms. The van der Waals surface area contributed by atoms with Crippen molar-refractivity contribution in [3.05, 3.63) is 93.1 Å². The number of sulfonamides is 1. The summed E-state index contributed by atoms with van der Waals surface area (Å²) in [5.41, 5.74) is 5.23. The van der Waals surface area contributed by atoms with Crippen LogP contribution in [0.15, 0.2) is 76.7 Å². The molecule has 4 rings (SSSR count). The van der Waals surface area contributed by atoms with E-state index >= 15 is 0 Å². The van der Waals surface area contributed by atoms with E-state index in [-0.39, 0.29) is 16.3 Å². The summed E-state index contributed by atoms with van der Waals surface area (Å²) in [6, 6.07) is 17.3. The van der Waals surface area contributed by atoms with Crippen molar-refractivity contribution in [2.24, 2.45) is 5.10 Å². The molecule has 3 aromatic carbocycles. The van der Waals surface area contributed by atoms with Crippen molar-refractivity contribution in [1.29, 1.82) is 0 Å². The monoisotopic (exact) mass is 483 g/mol. The lowest BCUT2D eigenvalue weighted by atomic mass is 10.1. The number of aryl methyl sites for hydroxylation is 1. The van der Waals surface area contributed by atoms with Gasteiger partial charge in [-0.05, 0) is 49.4 Å². The van der Waals surface area contributed by atoms with Gasteiger partial charge in [0.2, 0.25) is 0 Å². The Kier molecular flexibility index (Phi) is 6.03. The highest BCUT2D eigenvalue weighted by Gasteiger charge is 2.21. The molecule has 168 valence electrons. The molecule has 4 aromatic rings. The fourth-order valence-corrected chi connectivity index (χ4v) is 4.49. The summed E-state index contributed by atoms with van der Waals surface area (Å²) in [6.07, 6.45) is 1.56. The molecule has 0 aliphatic rings. The number of halogens is 1. The van der Waals surface area contributed by atoms with Crippen LogP contribution in [0.2, 0.25) is 5.02 Å². The minimum absolute atomic E-state index is 0.0548. The number of benzene rings is 3. The molecule has 0 unspecified atom stereocenters. The molecule has 0 spiro atoms. The normalized spacial score (nSPS) is 11.7. The molecule has 3 N–H and O–H groups in total. The second kappa shape index (κ2) is 8.93. The first-order valence-corrected chi connectivity index (χ1v) is 11.5. The molecule has 0 radical (unpaired) electrons. The van der Waals surface area contributed by atoms with E-state index in [1.165, 1.54) is 36.4 Å². The summed E-state index contributed by atoms with van der Waals surface area (Å²) in [5.74, 6) is 0. The molecular formula is C22H18ClN5O4S. The number of aromatic amines is 1. The van der Waals surface area contributed by atoms with Gasteiger partial charge in [0.1, 0.15) is 5.69 Å². The Bertz CT molecular complexity index is 1480. The third-order valence-electron chi connectivity index (χ3n) is 4.89. The van der Waals surface area contributed by atoms with Gasteiger partial charge in [0.15, 0.2) is 0 Å². The zero-order chi connectivity index (χ0) is 23.6. The molecular weight excluding hydrogens is 466 g/mol. The molecule has 0 saturated carbocycles. The van der Waals surface area contributed by atoms with Gasteiger partial charge in [0.05, 0.1) is 16.0 Å². The van der Waals surface area contributed by atoms with E-state index in [9.17, 15) is 18.5 Å². The Morgan fingerprint density at radius 1 is 1.09 bits per heavy atom. The number of aromatic nitrogens is 1. The number of anilines is 2. The fourth-order valence-electron chi connectivity index (χ4n) is 3.29. The molecule has 0 aliphatic carbocycles. The van der Waals surface area contributed by atoms with Gasteiger partial charge in [0.25, 0.3) is 15.7 Å². The molecule has 11 heteroatoms. The number of nitro groups is 1. The summed E-state index contributed by atoms with van der Waals surface area (Å²) in [4.78, 5) is 13.9. The van der Waals surface area contributed by atoms with E-state index in [4.69, 9.17) is 11.6 Å². The van der Waals surface area contributed by atoms with Gasteiger partial charge in [0, 0.05) is 38.9 Å². The summed E-state index contributed by atoms with van der Waals surface area (Å²) in [6.45, 7) is 1.90. The van der Waals surface area contributed by atoms with Crippen LogP contribution < -0.4 is 10.1 Å². The van der Waals surface area contributed by atoms with Crippen LogP contribution in [-0.2, 0) is 10.0 Å². The average Bonchev–Trinajstić information content (AvgIpc) is 3.10. The number of nitrogens with one attached hydrogen (secondary N) is 3. The van der Waals surface area contributed by atoms with Crippen LogP contribution in [0.1, 0.15) is 11.3 Å². The zero-order valence-corrected chi connectivity index (χ0v) is 18.8. The van der Waals surface area contributed by atoms with Crippen LogP contribution in [-0.4, -0.2) is 24.5 Å². The van der Waals surface area contributed by atoms with E-state index in [2.05, 4.69) is 20.2 Å². The number of nitro benzene ring substituents is 1. The number of H-pyrrole nitrogens is 1. The first-order valence-electron chi connectivity index (χ1n) is 9.68. The number of hydrogen-bond donors (Lipinski definition) is 3. The highest BCUT2D eigenvalue weighted by Crippen LogP contribution is 2.29. The maximum atomic E-state index is 12.7. The van der Waals surface area contributed by atoms with Crippen LogP contribution in [0.25, 0.3) is 10.9 Å². The Labute approximate surface area is 194 Å². The molecule has 0 atom stereocenters. The SMILES string of the molecule is Cc1[nH]c2ccccc2c1C=NNc1ccc(S(=O)(=O)Nc2ccc(Cl)cc2)cc1[N+](=O)[O-]. The second-order valence-corrected chi connectivity index (χ2v) is 9.25. The van der Waals surface area contributed by atoms with Crippen LogP contribution in [0.3, 0.4) is 0 Å². The van der Waals surface area contributed by atoms with Gasteiger partial charge < -0.3 is 4.98 Å². The first kappa shape index (κ1) is 22.3. The van der Waals surface area contributed by atoms with E-state index in [1.807, 2.05) is 31.2 Å². The number of hydrogen-bond acceptors (Lipinski definition) is 6. The highest BCUT2D eigenvalue weighted by molar-refractivity contribution is 7.92. The number of para-hydroxylation sites is 1. The molecule has 0 amide bonds. The van der Waals surface area contributed by atoms with Crippen LogP contribution >= 0.6 is 11.6 Å². The molecule has 0 saturated heterocycles. The van der Waals surface area contributed by atoms with E-state index < -0.39 is 20.6 Å². The average molecular weight is 484 g/mol. The molecule has 0 aliphatic heterocycles.